The first kappa shape index (κ1) is 12.8. The highest BCUT2D eigenvalue weighted by Gasteiger charge is 2.25. The lowest BCUT2D eigenvalue weighted by Gasteiger charge is -2.13. The van der Waals surface area contributed by atoms with E-state index in [1.54, 1.807) is 6.20 Å². The summed E-state index contributed by atoms with van der Waals surface area (Å²) in [5, 5.41) is 10.1. The number of rotatable bonds is 2. The first-order valence-corrected chi connectivity index (χ1v) is 6.37. The van der Waals surface area contributed by atoms with Crippen molar-refractivity contribution in [1.82, 2.24) is 15.0 Å². The molecule has 5 nitrogen and oxygen atoms in total. The van der Waals surface area contributed by atoms with Gasteiger partial charge < -0.3 is 10.1 Å². The molecule has 2 N–H and O–H groups in total. The van der Waals surface area contributed by atoms with E-state index >= 15 is 0 Å². The Kier molecular flexibility index (Phi) is 2.98. The van der Waals surface area contributed by atoms with Crippen LogP contribution in [0.4, 0.5) is 0 Å². The van der Waals surface area contributed by atoms with Gasteiger partial charge >= 0.3 is 5.97 Å². The summed E-state index contributed by atoms with van der Waals surface area (Å²) < 4.78 is 0. The highest BCUT2D eigenvalue weighted by atomic mass is 32.1. The second-order valence-electron chi connectivity index (χ2n) is 5.11. The van der Waals surface area contributed by atoms with Crippen molar-refractivity contribution in [1.29, 1.82) is 0 Å². The maximum absolute atomic E-state index is 11.2. The molecule has 0 aliphatic heterocycles. The van der Waals surface area contributed by atoms with Crippen LogP contribution >= 0.6 is 11.3 Å². The van der Waals surface area contributed by atoms with Crippen LogP contribution in [0.3, 0.4) is 0 Å². The van der Waals surface area contributed by atoms with Crippen molar-refractivity contribution in [3.8, 4) is 10.6 Å². The van der Waals surface area contributed by atoms with Crippen LogP contribution in [0.25, 0.3) is 10.6 Å². The van der Waals surface area contributed by atoms with Gasteiger partial charge in [-0.1, -0.05) is 20.8 Å². The molecule has 0 atom stereocenters. The van der Waals surface area contributed by atoms with Gasteiger partial charge in [0.25, 0.3) is 0 Å². The first-order valence-electron chi connectivity index (χ1n) is 5.55. The van der Waals surface area contributed by atoms with Gasteiger partial charge in [0.2, 0.25) is 0 Å². The molecule has 0 aromatic carbocycles. The van der Waals surface area contributed by atoms with Crippen molar-refractivity contribution in [2.24, 2.45) is 0 Å². The number of nitrogens with one attached hydrogen (secondary N) is 1. The SMILES string of the molecule is Cc1ncc(-c2[nH]c(C(C)(C)C)nc2C(=O)O)s1. The van der Waals surface area contributed by atoms with Gasteiger partial charge in [-0.2, -0.15) is 0 Å². The van der Waals surface area contributed by atoms with E-state index in [-0.39, 0.29) is 11.1 Å². The second-order valence-corrected chi connectivity index (χ2v) is 6.34. The summed E-state index contributed by atoms with van der Waals surface area (Å²) in [6.07, 6.45) is 1.67. The molecule has 2 rings (SSSR count). The molecule has 0 saturated heterocycles. The molecule has 0 amide bonds. The number of aromatic carboxylic acids is 1. The Morgan fingerprint density at radius 2 is 2.11 bits per heavy atom. The van der Waals surface area contributed by atoms with Crippen LogP contribution in [0.1, 0.15) is 42.1 Å². The number of hydrogen-bond acceptors (Lipinski definition) is 4. The summed E-state index contributed by atoms with van der Waals surface area (Å²) in [6.45, 7) is 7.84. The predicted molar refractivity (Wildman–Crippen MR) is 70.1 cm³/mol. The van der Waals surface area contributed by atoms with Crippen molar-refractivity contribution in [2.75, 3.05) is 0 Å². The Morgan fingerprint density at radius 1 is 1.44 bits per heavy atom. The van der Waals surface area contributed by atoms with Gasteiger partial charge in [-0.15, -0.1) is 11.3 Å². The molecular formula is C12H15N3O2S. The van der Waals surface area contributed by atoms with E-state index in [1.165, 1.54) is 11.3 Å². The molecule has 0 spiro atoms. The number of thiazole rings is 1. The number of aromatic nitrogens is 3. The third kappa shape index (κ3) is 2.28. The van der Waals surface area contributed by atoms with E-state index in [4.69, 9.17) is 0 Å². The largest absolute Gasteiger partial charge is 0.476 e. The van der Waals surface area contributed by atoms with Crippen LogP contribution in [0.2, 0.25) is 0 Å². The third-order valence-corrected chi connectivity index (χ3v) is 3.41. The minimum absolute atomic E-state index is 0.0589. The lowest BCUT2D eigenvalue weighted by Crippen LogP contribution is -2.13. The Labute approximate surface area is 109 Å². The molecule has 0 aliphatic carbocycles. The minimum Gasteiger partial charge on any atom is -0.476 e. The number of carbonyl (C=O) groups is 1. The monoisotopic (exact) mass is 265 g/mol. The van der Waals surface area contributed by atoms with Gasteiger partial charge in [0.1, 0.15) is 5.82 Å². The summed E-state index contributed by atoms with van der Waals surface area (Å²) in [5.74, 6) is -0.358. The van der Waals surface area contributed by atoms with Crippen LogP contribution in [-0.4, -0.2) is 26.0 Å². The third-order valence-electron chi connectivity index (χ3n) is 2.48. The van der Waals surface area contributed by atoms with Gasteiger partial charge in [-0.05, 0) is 6.92 Å². The summed E-state index contributed by atoms with van der Waals surface area (Å²) >= 11 is 1.45. The Hall–Kier alpha value is -1.69. The maximum Gasteiger partial charge on any atom is 0.356 e. The van der Waals surface area contributed by atoms with Crippen LogP contribution in [0, 0.1) is 6.92 Å². The number of carboxylic acid groups (broad SMARTS) is 1. The predicted octanol–water partition coefficient (Wildman–Crippen LogP) is 2.84. The molecule has 0 fully saturated rings. The lowest BCUT2D eigenvalue weighted by molar-refractivity contribution is 0.0692. The number of hydrogen-bond donors (Lipinski definition) is 2. The summed E-state index contributed by atoms with van der Waals surface area (Å²) in [7, 11) is 0. The van der Waals surface area contributed by atoms with Crippen LogP contribution in [0.5, 0.6) is 0 Å². The number of H-pyrrole nitrogens is 1. The molecule has 2 aromatic heterocycles. The first-order chi connectivity index (χ1) is 8.29. The zero-order valence-corrected chi connectivity index (χ0v) is 11.6. The van der Waals surface area contributed by atoms with Crippen LogP contribution in [0.15, 0.2) is 6.20 Å². The molecule has 0 radical (unpaired) electrons. The maximum atomic E-state index is 11.2. The molecular weight excluding hydrogens is 250 g/mol. The molecule has 2 heterocycles. The van der Waals surface area contributed by atoms with E-state index < -0.39 is 5.97 Å². The fraction of sp³-hybridized carbons (Fsp3) is 0.417. The lowest BCUT2D eigenvalue weighted by atomic mass is 9.96. The second kappa shape index (κ2) is 4.20. The highest BCUT2D eigenvalue weighted by molar-refractivity contribution is 7.15. The number of imidazole rings is 1. The number of carboxylic acids is 1. The van der Waals surface area contributed by atoms with Gasteiger partial charge in [-0.3, -0.25) is 0 Å². The highest BCUT2D eigenvalue weighted by Crippen LogP contribution is 2.30. The quantitative estimate of drug-likeness (QED) is 0.875. The van der Waals surface area contributed by atoms with Crippen molar-refractivity contribution in [2.45, 2.75) is 33.1 Å². The minimum atomic E-state index is -1.03. The van der Waals surface area contributed by atoms with Gasteiger partial charge in [0.15, 0.2) is 5.69 Å². The molecule has 0 bridgehead atoms. The number of nitrogens with zero attached hydrogens (tertiary/aromatic N) is 2. The fourth-order valence-corrected chi connectivity index (χ4v) is 2.32. The number of aromatic amines is 1. The molecule has 0 aliphatic rings. The topological polar surface area (TPSA) is 78.9 Å². The van der Waals surface area contributed by atoms with E-state index in [9.17, 15) is 9.90 Å². The van der Waals surface area contributed by atoms with Crippen molar-refractivity contribution in [3.05, 3.63) is 22.7 Å². The standard InChI is InChI=1S/C12H15N3O2S/c1-6-13-5-7(18-6)8-9(10(16)17)15-11(14-8)12(2,3)4/h5H,1-4H3,(H,14,15)(H,16,17). The average molecular weight is 265 g/mol. The molecule has 0 saturated carbocycles. The molecule has 6 heteroatoms. The zero-order valence-electron chi connectivity index (χ0n) is 10.7. The molecule has 18 heavy (non-hydrogen) atoms. The van der Waals surface area contributed by atoms with Crippen molar-refractivity contribution >= 4 is 17.3 Å². The van der Waals surface area contributed by atoms with E-state index in [1.807, 2.05) is 27.7 Å². The Bertz CT molecular complexity index is 593. The molecule has 2 aromatic rings. The van der Waals surface area contributed by atoms with Crippen LogP contribution in [-0.2, 0) is 5.41 Å². The molecule has 0 unspecified atom stereocenters. The van der Waals surface area contributed by atoms with Gasteiger partial charge in [0, 0.05) is 11.6 Å². The van der Waals surface area contributed by atoms with E-state index in [0.29, 0.717) is 11.5 Å². The smallest absolute Gasteiger partial charge is 0.356 e. The number of aryl methyl sites for hydroxylation is 1. The summed E-state index contributed by atoms with van der Waals surface area (Å²) in [5.41, 5.74) is 0.379. The Morgan fingerprint density at radius 3 is 2.56 bits per heavy atom. The average Bonchev–Trinajstić information content (AvgIpc) is 2.81. The van der Waals surface area contributed by atoms with Gasteiger partial charge in [-0.25, -0.2) is 14.8 Å². The van der Waals surface area contributed by atoms with Crippen molar-refractivity contribution in [3.63, 3.8) is 0 Å². The fourth-order valence-electron chi connectivity index (χ4n) is 1.54. The summed E-state index contributed by atoms with van der Waals surface area (Å²) in [6, 6.07) is 0. The van der Waals surface area contributed by atoms with Crippen LogP contribution < -0.4 is 0 Å². The molecule has 96 valence electrons. The van der Waals surface area contributed by atoms with E-state index in [2.05, 4.69) is 15.0 Å². The normalized spacial score (nSPS) is 11.8. The zero-order chi connectivity index (χ0) is 13.5. The summed E-state index contributed by atoms with van der Waals surface area (Å²) in [4.78, 5) is 23.5. The van der Waals surface area contributed by atoms with E-state index in [0.717, 1.165) is 9.88 Å². The van der Waals surface area contributed by atoms with Gasteiger partial charge in [0.05, 0.1) is 15.6 Å². The van der Waals surface area contributed by atoms with Crippen molar-refractivity contribution < 1.29 is 9.90 Å². The Balaban J connectivity index is 2.59.